The Labute approximate surface area is 91.4 Å². The highest BCUT2D eigenvalue weighted by Gasteiger charge is 2.72. The van der Waals surface area contributed by atoms with Gasteiger partial charge in [0.25, 0.3) is 5.91 Å². The molecule has 1 aliphatic heterocycles. The molecular weight excluding hydrogens is 212 g/mol. The van der Waals surface area contributed by atoms with E-state index in [2.05, 4.69) is 10.6 Å². The third-order valence-corrected chi connectivity index (χ3v) is 4.38. The number of rotatable bonds is 1. The Bertz CT molecular complexity index is 421. The van der Waals surface area contributed by atoms with Crippen molar-refractivity contribution in [3.05, 3.63) is 0 Å². The Morgan fingerprint density at radius 2 is 2.12 bits per heavy atom. The first-order valence-electron chi connectivity index (χ1n) is 5.37. The summed E-state index contributed by atoms with van der Waals surface area (Å²) in [6, 6.07) is -0.571. The predicted molar refractivity (Wildman–Crippen MR) is 51.4 cm³/mol. The van der Waals surface area contributed by atoms with Crippen LogP contribution < -0.4 is 10.6 Å². The van der Waals surface area contributed by atoms with Gasteiger partial charge < -0.3 is 10.4 Å². The van der Waals surface area contributed by atoms with Crippen LogP contribution in [0.1, 0.15) is 25.7 Å². The van der Waals surface area contributed by atoms with Crippen molar-refractivity contribution in [2.75, 3.05) is 0 Å². The second-order valence-electron chi connectivity index (χ2n) is 5.01. The van der Waals surface area contributed by atoms with Crippen LogP contribution in [0.3, 0.4) is 0 Å². The van der Waals surface area contributed by atoms with E-state index in [1.165, 1.54) is 0 Å². The highest BCUT2D eigenvalue weighted by Crippen LogP contribution is 2.60. The molecule has 6 nitrogen and oxygen atoms in total. The summed E-state index contributed by atoms with van der Waals surface area (Å²) in [4.78, 5) is 34.5. The third-order valence-electron chi connectivity index (χ3n) is 4.38. The number of hydrogen-bond donors (Lipinski definition) is 3. The summed E-state index contributed by atoms with van der Waals surface area (Å²) in [5, 5.41) is 14.1. The SMILES string of the molecule is O=C1NC(=O)[C@]2(C[C@H]3CC[C@@]2(C(=O)O)C3)N1. The summed E-state index contributed by atoms with van der Waals surface area (Å²) >= 11 is 0. The molecule has 3 atom stereocenters. The molecule has 0 aromatic heterocycles. The van der Waals surface area contributed by atoms with Gasteiger partial charge in [-0.25, -0.2) is 4.79 Å². The number of carbonyl (C=O) groups is 3. The number of carboxylic acids is 1. The Morgan fingerprint density at radius 3 is 2.62 bits per heavy atom. The molecule has 2 aliphatic carbocycles. The first-order chi connectivity index (χ1) is 7.50. The van der Waals surface area contributed by atoms with Crippen LogP contribution in [0.25, 0.3) is 0 Å². The summed E-state index contributed by atoms with van der Waals surface area (Å²) in [7, 11) is 0. The van der Waals surface area contributed by atoms with Crippen LogP contribution >= 0.6 is 0 Å². The zero-order chi connectivity index (χ0) is 11.6. The number of carboxylic acid groups (broad SMARTS) is 1. The zero-order valence-electron chi connectivity index (χ0n) is 8.58. The van der Waals surface area contributed by atoms with Crippen LogP contribution in [-0.2, 0) is 9.59 Å². The van der Waals surface area contributed by atoms with Crippen LogP contribution in [0.4, 0.5) is 4.79 Å². The van der Waals surface area contributed by atoms with Crippen molar-refractivity contribution >= 4 is 17.9 Å². The molecule has 6 heteroatoms. The first-order valence-corrected chi connectivity index (χ1v) is 5.37. The maximum Gasteiger partial charge on any atom is 0.322 e. The summed E-state index contributed by atoms with van der Waals surface area (Å²) in [5.74, 6) is -1.20. The van der Waals surface area contributed by atoms with Gasteiger partial charge in [0.1, 0.15) is 11.0 Å². The van der Waals surface area contributed by atoms with E-state index < -0.39 is 28.9 Å². The molecule has 1 saturated heterocycles. The molecule has 1 heterocycles. The molecule has 3 amide bonds. The summed E-state index contributed by atoms with van der Waals surface area (Å²) in [5.41, 5.74) is -2.28. The van der Waals surface area contributed by atoms with E-state index in [4.69, 9.17) is 0 Å². The Balaban J connectivity index is 2.12. The number of urea groups is 1. The smallest absolute Gasteiger partial charge is 0.322 e. The maximum atomic E-state index is 11.9. The number of hydrogen-bond acceptors (Lipinski definition) is 3. The average Bonchev–Trinajstić information content (AvgIpc) is 2.80. The van der Waals surface area contributed by atoms with E-state index in [0.29, 0.717) is 19.3 Å². The van der Waals surface area contributed by atoms with Crippen molar-refractivity contribution in [1.82, 2.24) is 10.6 Å². The molecular formula is C10H12N2O4. The van der Waals surface area contributed by atoms with Gasteiger partial charge in [-0.2, -0.15) is 0 Å². The van der Waals surface area contributed by atoms with Crippen LogP contribution in [0.5, 0.6) is 0 Å². The van der Waals surface area contributed by atoms with Crippen molar-refractivity contribution in [2.24, 2.45) is 11.3 Å². The minimum atomic E-state index is -1.20. The zero-order valence-corrected chi connectivity index (χ0v) is 8.58. The van der Waals surface area contributed by atoms with Crippen molar-refractivity contribution in [3.63, 3.8) is 0 Å². The minimum absolute atomic E-state index is 0.236. The van der Waals surface area contributed by atoms with Crippen molar-refractivity contribution in [2.45, 2.75) is 31.2 Å². The molecule has 3 aliphatic rings. The van der Waals surface area contributed by atoms with Crippen LogP contribution in [0.2, 0.25) is 0 Å². The van der Waals surface area contributed by atoms with Crippen molar-refractivity contribution < 1.29 is 19.5 Å². The normalized spacial score (nSPS) is 44.9. The molecule has 0 aromatic carbocycles. The predicted octanol–water partition coefficient (Wildman–Crippen LogP) is -0.161. The van der Waals surface area contributed by atoms with Crippen LogP contribution in [0, 0.1) is 11.3 Å². The summed E-state index contributed by atoms with van der Waals surface area (Å²) in [6.07, 6.45) is 2.25. The fraction of sp³-hybridized carbons (Fsp3) is 0.700. The highest BCUT2D eigenvalue weighted by molar-refractivity contribution is 6.10. The minimum Gasteiger partial charge on any atom is -0.481 e. The largest absolute Gasteiger partial charge is 0.481 e. The molecule has 3 N–H and O–H groups in total. The van der Waals surface area contributed by atoms with E-state index in [1.54, 1.807) is 0 Å². The quantitative estimate of drug-likeness (QED) is 0.539. The van der Waals surface area contributed by atoms with E-state index in [9.17, 15) is 19.5 Å². The van der Waals surface area contributed by atoms with Gasteiger partial charge in [-0.05, 0) is 31.6 Å². The second kappa shape index (κ2) is 2.56. The molecule has 3 rings (SSSR count). The van der Waals surface area contributed by atoms with E-state index >= 15 is 0 Å². The van der Waals surface area contributed by atoms with E-state index in [0.717, 1.165) is 6.42 Å². The van der Waals surface area contributed by atoms with Gasteiger partial charge >= 0.3 is 12.0 Å². The number of aliphatic carboxylic acids is 1. The number of amides is 3. The van der Waals surface area contributed by atoms with Gasteiger partial charge in [0, 0.05) is 0 Å². The topological polar surface area (TPSA) is 95.5 Å². The molecule has 1 spiro atoms. The molecule has 2 saturated carbocycles. The van der Waals surface area contributed by atoms with Crippen molar-refractivity contribution in [3.8, 4) is 0 Å². The van der Waals surface area contributed by atoms with Gasteiger partial charge in [-0.15, -0.1) is 0 Å². The fourth-order valence-corrected chi connectivity index (χ4v) is 3.69. The number of imide groups is 1. The first kappa shape index (κ1) is 9.62. The molecule has 16 heavy (non-hydrogen) atoms. The Kier molecular flexibility index (Phi) is 1.54. The number of fused-ring (bicyclic) bond motifs is 3. The highest BCUT2D eigenvalue weighted by atomic mass is 16.4. The molecule has 0 unspecified atom stereocenters. The lowest BCUT2D eigenvalue weighted by Crippen LogP contribution is -2.60. The lowest BCUT2D eigenvalue weighted by atomic mass is 9.68. The molecule has 3 fully saturated rings. The standard InChI is InChI=1S/C10H12N2O4/c13-6-10(12-8(16)11-6)4-5-1-2-9(10,3-5)7(14)15/h5H,1-4H2,(H,14,15)(H2,11,12,13,16)/t5-,9-,10-/m0/s1. The Hall–Kier alpha value is -1.59. The second-order valence-corrected chi connectivity index (χ2v) is 5.01. The van der Waals surface area contributed by atoms with Gasteiger partial charge in [0.15, 0.2) is 0 Å². The van der Waals surface area contributed by atoms with E-state index in [1.807, 2.05) is 0 Å². The van der Waals surface area contributed by atoms with Gasteiger partial charge in [0.05, 0.1) is 0 Å². The molecule has 0 aromatic rings. The number of carbonyl (C=O) groups excluding carboxylic acids is 2. The van der Waals surface area contributed by atoms with Gasteiger partial charge in [-0.3, -0.25) is 14.9 Å². The van der Waals surface area contributed by atoms with Gasteiger partial charge in [0.2, 0.25) is 0 Å². The molecule has 0 radical (unpaired) electrons. The summed E-state index contributed by atoms with van der Waals surface area (Å²) in [6.45, 7) is 0. The monoisotopic (exact) mass is 224 g/mol. The maximum absolute atomic E-state index is 11.9. The van der Waals surface area contributed by atoms with Gasteiger partial charge in [-0.1, -0.05) is 0 Å². The average molecular weight is 224 g/mol. The fourth-order valence-electron chi connectivity index (χ4n) is 3.69. The lowest BCUT2D eigenvalue weighted by Gasteiger charge is -2.38. The van der Waals surface area contributed by atoms with E-state index in [-0.39, 0.29) is 5.92 Å². The number of nitrogens with one attached hydrogen (secondary N) is 2. The third kappa shape index (κ3) is 0.819. The summed E-state index contributed by atoms with van der Waals surface area (Å²) < 4.78 is 0. The molecule has 86 valence electrons. The van der Waals surface area contributed by atoms with Crippen molar-refractivity contribution in [1.29, 1.82) is 0 Å². The molecule has 2 bridgehead atoms. The van der Waals surface area contributed by atoms with Crippen LogP contribution in [-0.4, -0.2) is 28.6 Å². The van der Waals surface area contributed by atoms with Crippen LogP contribution in [0.15, 0.2) is 0 Å². The Morgan fingerprint density at radius 1 is 1.38 bits per heavy atom. The lowest BCUT2D eigenvalue weighted by molar-refractivity contribution is -0.156.